The summed E-state index contributed by atoms with van der Waals surface area (Å²) in [5.74, 6) is -4.09. The van der Waals surface area contributed by atoms with E-state index in [9.17, 15) is 19.2 Å². The molecule has 0 saturated carbocycles. The Hall–Kier alpha value is -1.92. The molecule has 0 aliphatic rings. The smallest absolute Gasteiger partial charge is 0.326 e. The monoisotopic (exact) mass is 343 g/mol. The summed E-state index contributed by atoms with van der Waals surface area (Å²) in [6.07, 6.45) is 7.93. The summed E-state index contributed by atoms with van der Waals surface area (Å²) in [5, 5.41) is 19.6. The highest BCUT2D eigenvalue weighted by Gasteiger charge is 2.23. The van der Waals surface area contributed by atoms with Gasteiger partial charge in [-0.05, 0) is 12.8 Å². The summed E-state index contributed by atoms with van der Waals surface area (Å²) in [7, 11) is 0. The van der Waals surface area contributed by atoms with Crippen LogP contribution >= 0.6 is 0 Å². The first kappa shape index (κ1) is 22.1. The van der Waals surface area contributed by atoms with Crippen molar-refractivity contribution in [2.75, 3.05) is 0 Å². The van der Waals surface area contributed by atoms with Crippen molar-refractivity contribution in [1.82, 2.24) is 5.32 Å². The predicted octanol–water partition coefficient (Wildman–Crippen LogP) is 2.52. The maximum absolute atomic E-state index is 11.7. The van der Waals surface area contributed by atoms with Crippen LogP contribution in [0, 0.1) is 0 Å². The molecule has 7 nitrogen and oxygen atoms in total. The van der Waals surface area contributed by atoms with E-state index >= 15 is 0 Å². The van der Waals surface area contributed by atoms with Gasteiger partial charge in [-0.15, -0.1) is 0 Å². The number of carboxylic acids is 2. The van der Waals surface area contributed by atoms with Gasteiger partial charge in [-0.25, -0.2) is 4.79 Å². The Morgan fingerprint density at radius 3 is 1.88 bits per heavy atom. The average Bonchev–Trinajstić information content (AvgIpc) is 2.52. The number of carbonyl (C=O) groups is 4. The number of hydrogen-bond acceptors (Lipinski definition) is 4. The summed E-state index contributed by atoms with van der Waals surface area (Å²) < 4.78 is 0. The molecule has 0 unspecified atom stereocenters. The average molecular weight is 343 g/mol. The van der Waals surface area contributed by atoms with Crippen LogP contribution in [0.25, 0.3) is 0 Å². The first-order chi connectivity index (χ1) is 11.4. The molecule has 0 radical (unpaired) electrons. The number of carboxylic acid groups (broad SMARTS) is 2. The van der Waals surface area contributed by atoms with Gasteiger partial charge in [0.25, 0.3) is 5.91 Å². The quantitative estimate of drug-likeness (QED) is 0.310. The third-order valence-electron chi connectivity index (χ3n) is 3.76. The molecule has 24 heavy (non-hydrogen) atoms. The number of rotatable bonds is 15. The zero-order valence-electron chi connectivity index (χ0n) is 14.4. The number of nitrogens with one attached hydrogen (secondary N) is 1. The molecule has 7 heteroatoms. The van der Waals surface area contributed by atoms with Crippen LogP contribution < -0.4 is 5.32 Å². The van der Waals surface area contributed by atoms with Crippen molar-refractivity contribution in [3.8, 4) is 0 Å². The Labute approximate surface area is 142 Å². The standard InChI is InChI=1S/C17H29NO6/c1-2-3-4-5-6-7-8-9-10-14(19)16(22)18-13(17(23)24)11-12-15(20)21/h13H,2-12H2,1H3,(H,18,22)(H,20,21)(H,23,24)/t13-/m0/s1. The number of unbranched alkanes of at least 4 members (excludes halogenated alkanes) is 7. The molecule has 0 aromatic carbocycles. The van der Waals surface area contributed by atoms with Gasteiger partial charge in [0.15, 0.2) is 0 Å². The Morgan fingerprint density at radius 2 is 1.38 bits per heavy atom. The molecule has 0 rings (SSSR count). The maximum Gasteiger partial charge on any atom is 0.326 e. The molecule has 1 atom stereocenters. The molecule has 0 aromatic rings. The molecule has 0 saturated heterocycles. The SMILES string of the molecule is CCCCCCCCCCC(=O)C(=O)N[C@@H](CCC(=O)O)C(=O)O. The molecule has 0 aliphatic heterocycles. The van der Waals surface area contributed by atoms with E-state index in [0.717, 1.165) is 19.3 Å². The van der Waals surface area contributed by atoms with Crippen molar-refractivity contribution in [3.63, 3.8) is 0 Å². The second-order valence-electron chi connectivity index (χ2n) is 5.94. The summed E-state index contributed by atoms with van der Waals surface area (Å²) >= 11 is 0. The Bertz CT molecular complexity index is 421. The van der Waals surface area contributed by atoms with Gasteiger partial charge in [-0.2, -0.15) is 0 Å². The summed E-state index contributed by atoms with van der Waals surface area (Å²) in [6.45, 7) is 2.16. The fourth-order valence-corrected chi connectivity index (χ4v) is 2.30. The zero-order chi connectivity index (χ0) is 18.4. The lowest BCUT2D eigenvalue weighted by molar-refractivity contribution is -0.145. The molecule has 0 bridgehead atoms. The fraction of sp³-hybridized carbons (Fsp3) is 0.765. The molecule has 0 heterocycles. The second kappa shape index (κ2) is 13.5. The Morgan fingerprint density at radius 1 is 0.833 bits per heavy atom. The van der Waals surface area contributed by atoms with Crippen LogP contribution in [-0.2, 0) is 19.2 Å². The lowest BCUT2D eigenvalue weighted by atomic mass is 10.1. The van der Waals surface area contributed by atoms with Crippen molar-refractivity contribution < 1.29 is 29.4 Å². The van der Waals surface area contributed by atoms with Gasteiger partial charge in [0.2, 0.25) is 5.78 Å². The van der Waals surface area contributed by atoms with Crippen LogP contribution in [0.5, 0.6) is 0 Å². The van der Waals surface area contributed by atoms with Gasteiger partial charge in [-0.1, -0.05) is 51.9 Å². The minimum absolute atomic E-state index is 0.0893. The van der Waals surface area contributed by atoms with E-state index < -0.39 is 29.7 Å². The lowest BCUT2D eigenvalue weighted by Crippen LogP contribution is -2.44. The zero-order valence-corrected chi connectivity index (χ0v) is 14.4. The van der Waals surface area contributed by atoms with E-state index in [4.69, 9.17) is 10.2 Å². The van der Waals surface area contributed by atoms with Crippen LogP contribution in [0.2, 0.25) is 0 Å². The highest BCUT2D eigenvalue weighted by Crippen LogP contribution is 2.10. The van der Waals surface area contributed by atoms with Crippen molar-refractivity contribution in [2.45, 2.75) is 83.6 Å². The Balaban J connectivity index is 3.93. The van der Waals surface area contributed by atoms with Gasteiger partial charge >= 0.3 is 11.9 Å². The molecular weight excluding hydrogens is 314 g/mol. The van der Waals surface area contributed by atoms with Crippen molar-refractivity contribution in [3.05, 3.63) is 0 Å². The second-order valence-corrected chi connectivity index (χ2v) is 5.94. The van der Waals surface area contributed by atoms with Gasteiger partial charge in [-0.3, -0.25) is 14.4 Å². The minimum atomic E-state index is -1.35. The molecule has 1 amide bonds. The van der Waals surface area contributed by atoms with E-state index in [2.05, 4.69) is 12.2 Å². The van der Waals surface area contributed by atoms with E-state index in [1.807, 2.05) is 0 Å². The molecule has 0 aromatic heterocycles. The van der Waals surface area contributed by atoms with Crippen molar-refractivity contribution >= 4 is 23.6 Å². The van der Waals surface area contributed by atoms with Crippen molar-refractivity contribution in [2.24, 2.45) is 0 Å². The first-order valence-corrected chi connectivity index (χ1v) is 8.66. The van der Waals surface area contributed by atoms with E-state index in [0.29, 0.717) is 6.42 Å². The van der Waals surface area contributed by atoms with E-state index in [1.165, 1.54) is 25.7 Å². The number of Topliss-reactive ketones (excluding diaryl/α,β-unsaturated/α-hetero) is 1. The number of hydrogen-bond donors (Lipinski definition) is 3. The van der Waals surface area contributed by atoms with Gasteiger partial charge < -0.3 is 15.5 Å². The predicted molar refractivity (Wildman–Crippen MR) is 88.7 cm³/mol. The highest BCUT2D eigenvalue weighted by molar-refractivity contribution is 6.36. The van der Waals surface area contributed by atoms with E-state index in [1.54, 1.807) is 0 Å². The molecule has 0 fully saturated rings. The minimum Gasteiger partial charge on any atom is -0.481 e. The van der Waals surface area contributed by atoms with Gasteiger partial charge in [0, 0.05) is 12.8 Å². The maximum atomic E-state index is 11.7. The molecule has 138 valence electrons. The highest BCUT2D eigenvalue weighted by atomic mass is 16.4. The third kappa shape index (κ3) is 11.6. The third-order valence-corrected chi connectivity index (χ3v) is 3.76. The largest absolute Gasteiger partial charge is 0.481 e. The molecule has 0 spiro atoms. The summed E-state index contributed by atoms with van der Waals surface area (Å²) in [4.78, 5) is 44.8. The normalized spacial score (nSPS) is 11.7. The summed E-state index contributed by atoms with van der Waals surface area (Å²) in [6, 6.07) is -1.35. The van der Waals surface area contributed by atoms with Crippen LogP contribution in [-0.4, -0.2) is 39.9 Å². The lowest BCUT2D eigenvalue weighted by Gasteiger charge is -2.12. The number of aliphatic carboxylic acids is 2. The fourth-order valence-electron chi connectivity index (χ4n) is 2.30. The topological polar surface area (TPSA) is 121 Å². The number of ketones is 1. The van der Waals surface area contributed by atoms with Crippen LogP contribution in [0.1, 0.15) is 77.6 Å². The van der Waals surface area contributed by atoms with E-state index in [-0.39, 0.29) is 19.3 Å². The van der Waals surface area contributed by atoms with Crippen LogP contribution in [0.15, 0.2) is 0 Å². The van der Waals surface area contributed by atoms with Crippen molar-refractivity contribution in [1.29, 1.82) is 0 Å². The molecular formula is C17H29NO6. The van der Waals surface area contributed by atoms with Gasteiger partial charge in [0.05, 0.1) is 0 Å². The molecule has 0 aliphatic carbocycles. The van der Waals surface area contributed by atoms with Crippen LogP contribution in [0.4, 0.5) is 0 Å². The number of amides is 1. The number of carbonyl (C=O) groups excluding carboxylic acids is 2. The van der Waals surface area contributed by atoms with Crippen LogP contribution in [0.3, 0.4) is 0 Å². The molecule has 3 N–H and O–H groups in total. The van der Waals surface area contributed by atoms with Gasteiger partial charge in [0.1, 0.15) is 6.04 Å². The first-order valence-electron chi connectivity index (χ1n) is 8.66. The summed E-state index contributed by atoms with van der Waals surface area (Å²) in [5.41, 5.74) is 0. The Kier molecular flexibility index (Phi) is 12.4.